The number of aromatic hydroxyl groups is 1. The molecule has 4 aromatic rings. The fraction of sp³-hybridized carbons (Fsp3) is 0.500. The number of aromatic amines is 1. The zero-order valence-electron chi connectivity index (χ0n) is 56.0. The van der Waals surface area contributed by atoms with Gasteiger partial charge in [-0.25, -0.2) is 0 Å². The van der Waals surface area contributed by atoms with Crippen LogP contribution >= 0.6 is 21.6 Å². The van der Waals surface area contributed by atoms with Gasteiger partial charge in [-0.05, 0) is 105 Å². The van der Waals surface area contributed by atoms with Crippen molar-refractivity contribution in [2.45, 2.75) is 170 Å². The van der Waals surface area contributed by atoms with Gasteiger partial charge in [0.2, 0.25) is 65.0 Å². The molecule has 9 atom stereocenters. The zero-order chi connectivity index (χ0) is 73.0. The van der Waals surface area contributed by atoms with Gasteiger partial charge >= 0.3 is 5.97 Å². The first kappa shape index (κ1) is 78.4. The average molecular weight is 1430 g/mol. The Labute approximate surface area is 591 Å². The molecule has 1 saturated carbocycles. The molecule has 11 amide bonds. The Hall–Kier alpha value is -9.94. The molecule has 3 aliphatic rings. The van der Waals surface area contributed by atoms with Gasteiger partial charge in [0, 0.05) is 93.3 Å². The van der Waals surface area contributed by atoms with Gasteiger partial charge in [0.25, 0.3) is 0 Å². The highest BCUT2D eigenvalue weighted by Crippen LogP contribution is 2.30. The predicted molar refractivity (Wildman–Crippen MR) is 377 cm³/mol. The largest absolute Gasteiger partial charge is 0.508 e. The summed E-state index contributed by atoms with van der Waals surface area (Å²) in [5.41, 5.74) is 25.2. The highest BCUT2D eigenvalue weighted by atomic mass is 33.1. The third-order valence-corrected chi connectivity index (χ3v) is 20.1. The number of aliphatic imine (C=N–C) groups is 1. The molecular weight excluding hydrogens is 1340 g/mol. The van der Waals surface area contributed by atoms with Crippen LogP contribution in [0, 0.1) is 17.2 Å². The van der Waals surface area contributed by atoms with E-state index in [9.17, 15) is 63.4 Å². The number of primary amides is 1. The molecule has 2 aliphatic heterocycles. The molecule has 101 heavy (non-hydrogen) atoms. The van der Waals surface area contributed by atoms with E-state index in [0.29, 0.717) is 61.6 Å². The highest BCUT2D eigenvalue weighted by Gasteiger charge is 2.40. The molecule has 1 aromatic heterocycles. The number of carbonyl (C=O) groups is 12. The molecule has 544 valence electrons. The fourth-order valence-electron chi connectivity index (χ4n) is 12.3. The van der Waals surface area contributed by atoms with Crippen LogP contribution in [0.2, 0.25) is 0 Å². The Morgan fingerprint density at radius 1 is 0.693 bits per heavy atom. The number of hydrogen-bond acceptors (Lipinski definition) is 18. The van der Waals surface area contributed by atoms with Crippen LogP contribution in [0.15, 0.2) is 84.0 Å². The van der Waals surface area contributed by atoms with Gasteiger partial charge in [0.1, 0.15) is 60.1 Å². The number of guanidine groups is 1. The zero-order valence-corrected chi connectivity index (χ0v) is 57.6. The molecule has 2 saturated heterocycles. The number of carboxylic acid groups (broad SMARTS) is 1. The third-order valence-electron chi connectivity index (χ3n) is 17.7. The van der Waals surface area contributed by atoms with Crippen LogP contribution in [-0.4, -0.2) is 189 Å². The van der Waals surface area contributed by atoms with Crippen molar-refractivity contribution in [1.29, 1.82) is 5.26 Å². The van der Waals surface area contributed by atoms with Crippen molar-refractivity contribution in [2.75, 3.05) is 37.7 Å². The van der Waals surface area contributed by atoms with Gasteiger partial charge in [0.05, 0.1) is 11.6 Å². The van der Waals surface area contributed by atoms with Gasteiger partial charge in [-0.15, -0.1) is 0 Å². The number of carbonyl (C=O) groups excluding carboxylic acids is 11. The number of hydrogen-bond donors (Lipinski definition) is 16. The highest BCUT2D eigenvalue weighted by molar-refractivity contribution is 8.76. The van der Waals surface area contributed by atoms with Crippen molar-refractivity contribution in [3.8, 4) is 11.8 Å². The van der Waals surface area contributed by atoms with E-state index in [4.69, 9.17) is 22.9 Å². The monoisotopic (exact) mass is 1430 g/mol. The minimum Gasteiger partial charge on any atom is -0.508 e. The van der Waals surface area contributed by atoms with E-state index in [-0.39, 0.29) is 119 Å². The number of aliphatic carboxylic acids is 1. The molecule has 0 spiro atoms. The lowest BCUT2D eigenvalue weighted by Crippen LogP contribution is -2.61. The topological polar surface area (TPSA) is 513 Å². The third kappa shape index (κ3) is 24.4. The predicted octanol–water partition coefficient (Wildman–Crippen LogP) is -0.343. The first-order valence-corrected chi connectivity index (χ1v) is 36.3. The fourth-order valence-corrected chi connectivity index (χ4v) is 14.7. The van der Waals surface area contributed by atoms with Crippen LogP contribution in [0.25, 0.3) is 10.9 Å². The number of nitrogens with two attached hydrogens (primary N) is 4. The summed E-state index contributed by atoms with van der Waals surface area (Å²) in [4.78, 5) is 178. The van der Waals surface area contributed by atoms with Crippen LogP contribution in [0.1, 0.15) is 119 Å². The molecule has 3 heterocycles. The Bertz CT molecular complexity index is 3650. The van der Waals surface area contributed by atoms with Gasteiger partial charge in [-0.1, -0.05) is 89.4 Å². The van der Waals surface area contributed by atoms with E-state index in [1.165, 1.54) is 35.2 Å². The first-order valence-electron chi connectivity index (χ1n) is 33.8. The van der Waals surface area contributed by atoms with Crippen LogP contribution in [-0.2, 0) is 76.8 Å². The van der Waals surface area contributed by atoms with Crippen molar-refractivity contribution < 1.29 is 67.7 Å². The van der Waals surface area contributed by atoms with Crippen molar-refractivity contribution >= 4 is 109 Å². The maximum Gasteiger partial charge on any atom is 0.303 e. The van der Waals surface area contributed by atoms with E-state index in [1.807, 2.05) is 12.1 Å². The van der Waals surface area contributed by atoms with E-state index in [1.54, 1.807) is 36.5 Å². The molecule has 0 unspecified atom stereocenters. The molecule has 0 radical (unpaired) electrons. The molecule has 0 bridgehead atoms. The van der Waals surface area contributed by atoms with Gasteiger partial charge < -0.3 is 90.9 Å². The number of carboxylic acids is 1. The molecule has 7 rings (SSSR count). The SMILES string of the molecule is N#Cc1ccccc1C[C@@H]1NC(=O)[C@H](C2CCCC2)NC(=O)[C@@H](NC(=O)[C@H](Cc2ccc(O)cc2)NC(=O)[C@H]2CCCN2C(=O)CCN)CSSC[C@@H](C(N)=O)NC(=O)[C@H](CCC(=O)O)NC(=O)[C@H](Cc2c[nH]c3ccccc23)NC(=O)CCCCCNC(=O)[C@H](CCCN=C(N)N)NC1=O. The number of nitrogens with one attached hydrogen (secondary N) is 10. The van der Waals surface area contributed by atoms with Crippen molar-refractivity contribution in [1.82, 2.24) is 57.7 Å². The number of phenolic OH excluding ortho intramolecular Hbond substituents is 1. The number of H-pyrrole nitrogens is 1. The van der Waals surface area contributed by atoms with Crippen molar-refractivity contribution in [3.05, 3.63) is 101 Å². The van der Waals surface area contributed by atoms with Gasteiger partial charge in [-0.3, -0.25) is 62.5 Å². The Kier molecular flexibility index (Phi) is 30.9. The van der Waals surface area contributed by atoms with Crippen LogP contribution in [0.5, 0.6) is 5.75 Å². The van der Waals surface area contributed by atoms with Gasteiger partial charge in [-0.2, -0.15) is 5.26 Å². The second-order valence-electron chi connectivity index (χ2n) is 25.2. The number of likely N-dealkylation sites (tertiary alicyclic amines) is 1. The smallest absolute Gasteiger partial charge is 0.303 e. The summed E-state index contributed by atoms with van der Waals surface area (Å²) < 4.78 is 0. The summed E-state index contributed by atoms with van der Waals surface area (Å²) >= 11 is 0. The second-order valence-corrected chi connectivity index (χ2v) is 27.7. The Morgan fingerprint density at radius 3 is 2.06 bits per heavy atom. The van der Waals surface area contributed by atoms with Crippen LogP contribution < -0.4 is 70.8 Å². The molecule has 1 aliphatic carbocycles. The average Bonchev–Trinajstić information content (AvgIpc) is 1.78. The lowest BCUT2D eigenvalue weighted by atomic mass is 9.95. The summed E-state index contributed by atoms with van der Waals surface area (Å²) in [6.07, 6.45) is 4.00. The Balaban J connectivity index is 1.25. The molecule has 31 nitrogen and oxygen atoms in total. The number of nitriles is 1. The maximum absolute atomic E-state index is 15.3. The molecule has 20 N–H and O–H groups in total. The first-order chi connectivity index (χ1) is 48.5. The number of aromatic nitrogens is 1. The number of phenols is 1. The summed E-state index contributed by atoms with van der Waals surface area (Å²) in [5.74, 6) is -11.5. The standard InChI is InChI=1S/C68H91N17O14S2/c69-28-27-56(88)85-31-11-19-54(85)66(98)80-49(32-39-21-23-44(86)24-22-39)62(94)83-53-38-101-100-37-52(59(71)91)82-61(93)48(25-26-57(89)90)79-63(95)50(34-43-36-76-46-17-8-7-16-45(43)46)77-55(87)20-2-1-9-29-74-60(92)47(18-10-30-75-68(72)73)78-64(96)51(33-41-14-5-6-15-42(41)35-70)81-67(99)58(84-65(53)97)40-12-3-4-13-40/h5-8,14-17,21-24,36,40,47-54,58,76,86H,1-4,9-13,18-20,25-34,37-38,69H2,(H2,71,91)(H,74,92)(H,77,87)(H,78,96)(H,79,95)(H,80,98)(H,81,99)(H,82,93)(H,83,94)(H,84,97)(H,89,90)(H4,72,73,75)/t47-,48-,49-,50-,51-,52-,53-,54+,58-/m0/s1. The van der Waals surface area contributed by atoms with Crippen molar-refractivity contribution in [3.63, 3.8) is 0 Å². The number of nitrogens with zero attached hydrogens (tertiary/aromatic N) is 3. The number of fused-ring (bicyclic) bond motifs is 1. The summed E-state index contributed by atoms with van der Waals surface area (Å²) in [5, 5.41) is 55.6. The maximum atomic E-state index is 15.3. The van der Waals surface area contributed by atoms with E-state index in [2.05, 4.69) is 63.9 Å². The quantitative estimate of drug-likeness (QED) is 0.0220. The lowest BCUT2D eigenvalue weighted by Gasteiger charge is -2.30. The van der Waals surface area contributed by atoms with Crippen LogP contribution in [0.4, 0.5) is 0 Å². The molecule has 33 heteroatoms. The molecular formula is C68H91N17O14S2. The minimum atomic E-state index is -1.60. The number of amides is 11. The van der Waals surface area contributed by atoms with Gasteiger partial charge in [0.15, 0.2) is 5.96 Å². The van der Waals surface area contributed by atoms with E-state index in [0.717, 1.165) is 32.5 Å². The number of rotatable bonds is 21. The lowest BCUT2D eigenvalue weighted by molar-refractivity contribution is -0.139. The number of para-hydroxylation sites is 1. The number of benzene rings is 3. The second kappa shape index (κ2) is 39.7. The molecule has 3 fully saturated rings. The Morgan fingerprint density at radius 2 is 1.36 bits per heavy atom. The van der Waals surface area contributed by atoms with Crippen molar-refractivity contribution in [2.24, 2.45) is 33.8 Å². The summed E-state index contributed by atoms with van der Waals surface area (Å²) in [6.45, 7) is 0.432. The minimum absolute atomic E-state index is 0.00254. The summed E-state index contributed by atoms with van der Waals surface area (Å²) in [7, 11) is 1.82. The normalized spacial score (nSPS) is 22.7. The van der Waals surface area contributed by atoms with E-state index >= 15 is 9.59 Å². The summed E-state index contributed by atoms with van der Waals surface area (Å²) in [6, 6.07) is 8.91. The molecule has 3 aromatic carbocycles. The van der Waals surface area contributed by atoms with Crippen LogP contribution in [0.3, 0.4) is 0 Å². The van der Waals surface area contributed by atoms with E-state index < -0.39 is 138 Å².